The van der Waals surface area contributed by atoms with Gasteiger partial charge in [-0.3, -0.25) is 9.80 Å². The molecule has 2 aromatic heterocycles. The number of thioether (sulfide) groups is 1. The predicted octanol–water partition coefficient (Wildman–Crippen LogP) is 6.62. The molecule has 6 heteroatoms. The van der Waals surface area contributed by atoms with Gasteiger partial charge < -0.3 is 13.9 Å². The highest BCUT2D eigenvalue weighted by atomic mass is 32.2. The molecule has 2 spiro atoms. The Kier molecular flexibility index (Phi) is 5.92. The van der Waals surface area contributed by atoms with Crippen molar-refractivity contribution in [2.45, 2.75) is 107 Å². The standard InChI is InChI=1S/C30H42N2O3S/c1-20-3-5-26(22-9-13-34-15-22)31-18-29(11-7-24(20)31)17-30(36-19-29)12-8-25-21(2)4-6-27(32(25)28(30)33)23-10-14-35-16-23/h9-10,13-16,20-21,24-28,33H,3-8,11-12,17-19H2,1-2H3/t20-,21-,24+,25+,26+,27+,28+,29-,30-/m1/s1. The molecule has 0 aliphatic carbocycles. The lowest BCUT2D eigenvalue weighted by molar-refractivity contribution is -0.142. The van der Waals surface area contributed by atoms with Crippen molar-refractivity contribution in [2.75, 3.05) is 12.3 Å². The minimum atomic E-state index is -0.383. The van der Waals surface area contributed by atoms with Gasteiger partial charge in [-0.2, -0.15) is 11.8 Å². The zero-order valence-corrected chi connectivity index (χ0v) is 22.7. The van der Waals surface area contributed by atoms with Crippen LogP contribution < -0.4 is 0 Å². The molecule has 0 bridgehead atoms. The van der Waals surface area contributed by atoms with E-state index in [1.807, 2.05) is 18.8 Å². The minimum absolute atomic E-state index is 0.0467. The van der Waals surface area contributed by atoms with E-state index in [0.29, 0.717) is 29.5 Å². The summed E-state index contributed by atoms with van der Waals surface area (Å²) in [6.45, 7) is 6.03. The van der Waals surface area contributed by atoms with Gasteiger partial charge in [0.25, 0.3) is 0 Å². The zero-order chi connectivity index (χ0) is 24.5. The molecule has 0 radical (unpaired) electrons. The minimum Gasteiger partial charge on any atom is -0.472 e. The van der Waals surface area contributed by atoms with Gasteiger partial charge in [0, 0.05) is 47.6 Å². The molecule has 7 heterocycles. The number of hydrogen-bond acceptors (Lipinski definition) is 6. The summed E-state index contributed by atoms with van der Waals surface area (Å²) >= 11 is 2.11. The van der Waals surface area contributed by atoms with E-state index in [4.69, 9.17) is 8.83 Å². The van der Waals surface area contributed by atoms with Crippen LogP contribution in [0.4, 0.5) is 0 Å². The van der Waals surface area contributed by atoms with Crippen LogP contribution in [0.2, 0.25) is 0 Å². The fourth-order valence-corrected chi connectivity index (χ4v) is 10.9. The van der Waals surface area contributed by atoms with Gasteiger partial charge in [0.1, 0.15) is 6.23 Å². The predicted molar refractivity (Wildman–Crippen MR) is 143 cm³/mol. The maximum Gasteiger partial charge on any atom is 0.122 e. The Morgan fingerprint density at radius 1 is 0.861 bits per heavy atom. The van der Waals surface area contributed by atoms with Crippen molar-refractivity contribution in [3.63, 3.8) is 0 Å². The average Bonchev–Trinajstić information content (AvgIpc) is 3.65. The summed E-state index contributed by atoms with van der Waals surface area (Å²) in [5, 5.41) is 12.2. The van der Waals surface area contributed by atoms with Crippen molar-refractivity contribution in [3.05, 3.63) is 48.3 Å². The number of hydrogen-bond donors (Lipinski definition) is 1. The van der Waals surface area contributed by atoms with E-state index in [-0.39, 0.29) is 17.0 Å². The smallest absolute Gasteiger partial charge is 0.122 e. The van der Waals surface area contributed by atoms with Crippen LogP contribution >= 0.6 is 11.8 Å². The van der Waals surface area contributed by atoms with Crippen molar-refractivity contribution in [1.29, 1.82) is 0 Å². The normalized spacial score (nSPS) is 45.7. The third-order valence-corrected chi connectivity index (χ3v) is 12.9. The van der Waals surface area contributed by atoms with Crippen LogP contribution in [-0.4, -0.2) is 50.3 Å². The van der Waals surface area contributed by atoms with Gasteiger partial charge >= 0.3 is 0 Å². The Labute approximate surface area is 220 Å². The second-order valence-electron chi connectivity index (χ2n) is 13.0. The third kappa shape index (κ3) is 3.69. The molecule has 0 amide bonds. The first kappa shape index (κ1) is 23.9. The summed E-state index contributed by atoms with van der Waals surface area (Å²) in [7, 11) is 0. The van der Waals surface area contributed by atoms with Crippen LogP contribution in [0.3, 0.4) is 0 Å². The third-order valence-electron chi connectivity index (χ3n) is 11.0. The van der Waals surface area contributed by atoms with Crippen LogP contribution in [0, 0.1) is 17.3 Å². The Hall–Kier alpha value is -1.21. The van der Waals surface area contributed by atoms with Crippen molar-refractivity contribution in [1.82, 2.24) is 9.80 Å². The van der Waals surface area contributed by atoms with Gasteiger partial charge in [0.05, 0.1) is 29.8 Å². The number of piperidine rings is 4. The SMILES string of the molecule is C[C@@H]1CC[C@@H](c2ccoc2)N2C[C@]3(CC[C@@H]12)CS[C@]1(CC[C@H]2[C@H](C)CC[C@@H](c4ccoc4)N2[C@H]1O)C3. The van der Waals surface area contributed by atoms with E-state index in [9.17, 15) is 5.11 Å². The molecule has 2 aromatic rings. The van der Waals surface area contributed by atoms with Gasteiger partial charge in [0.2, 0.25) is 0 Å². The molecule has 196 valence electrons. The Morgan fingerprint density at radius 2 is 1.53 bits per heavy atom. The highest BCUT2D eigenvalue weighted by Gasteiger charge is 2.60. The fraction of sp³-hybridized carbons (Fsp3) is 0.733. The summed E-state index contributed by atoms with van der Waals surface area (Å²) in [6, 6.07) is 6.21. The topological polar surface area (TPSA) is 53.0 Å². The summed E-state index contributed by atoms with van der Waals surface area (Å²) in [4.78, 5) is 5.38. The molecule has 5 fully saturated rings. The van der Waals surface area contributed by atoms with Crippen LogP contribution in [-0.2, 0) is 0 Å². The van der Waals surface area contributed by atoms with E-state index in [0.717, 1.165) is 25.2 Å². The number of aliphatic hydroxyl groups excluding tert-OH is 1. The van der Waals surface area contributed by atoms with Gasteiger partial charge in [0.15, 0.2) is 0 Å². The lowest BCUT2D eigenvalue weighted by atomic mass is 9.67. The largest absolute Gasteiger partial charge is 0.472 e. The van der Waals surface area contributed by atoms with Crippen LogP contribution in [0.15, 0.2) is 46.0 Å². The van der Waals surface area contributed by atoms with E-state index in [1.165, 1.54) is 61.9 Å². The Bertz CT molecular complexity index is 1040. The van der Waals surface area contributed by atoms with Gasteiger partial charge in [-0.1, -0.05) is 13.8 Å². The maximum atomic E-state index is 12.2. The molecule has 0 aromatic carbocycles. The second kappa shape index (κ2) is 8.93. The Balaban J connectivity index is 1.16. The number of furan rings is 2. The van der Waals surface area contributed by atoms with E-state index in [2.05, 4.69) is 47.5 Å². The lowest BCUT2D eigenvalue weighted by Gasteiger charge is -2.57. The van der Waals surface area contributed by atoms with E-state index >= 15 is 0 Å². The van der Waals surface area contributed by atoms with Crippen molar-refractivity contribution < 1.29 is 13.9 Å². The quantitative estimate of drug-likeness (QED) is 0.490. The lowest BCUT2D eigenvalue weighted by Crippen LogP contribution is -2.63. The molecule has 5 nitrogen and oxygen atoms in total. The van der Waals surface area contributed by atoms with E-state index in [1.54, 1.807) is 6.26 Å². The maximum absolute atomic E-state index is 12.2. The molecule has 5 aliphatic heterocycles. The van der Waals surface area contributed by atoms with Gasteiger partial charge in [-0.05, 0) is 87.2 Å². The number of nitrogens with zero attached hydrogens (tertiary/aromatic N) is 2. The molecular weight excluding hydrogens is 468 g/mol. The molecule has 36 heavy (non-hydrogen) atoms. The first-order valence-corrected chi connectivity index (χ1v) is 15.4. The summed E-state index contributed by atoms with van der Waals surface area (Å²) in [6.07, 6.45) is 18.1. The molecule has 0 saturated carbocycles. The first-order valence-electron chi connectivity index (χ1n) is 14.4. The molecule has 5 aliphatic rings. The highest BCUT2D eigenvalue weighted by Crippen LogP contribution is 2.62. The first-order chi connectivity index (χ1) is 17.5. The Morgan fingerprint density at radius 3 is 2.25 bits per heavy atom. The molecule has 0 unspecified atom stereocenters. The molecule has 1 N–H and O–H groups in total. The number of rotatable bonds is 2. The zero-order valence-electron chi connectivity index (χ0n) is 21.9. The summed E-state index contributed by atoms with van der Waals surface area (Å²) in [5.74, 6) is 2.59. The summed E-state index contributed by atoms with van der Waals surface area (Å²) < 4.78 is 11.0. The second-order valence-corrected chi connectivity index (χ2v) is 14.4. The average molecular weight is 511 g/mol. The van der Waals surface area contributed by atoms with Crippen LogP contribution in [0.25, 0.3) is 0 Å². The molecule has 9 atom stereocenters. The van der Waals surface area contributed by atoms with Crippen LogP contribution in [0.5, 0.6) is 0 Å². The van der Waals surface area contributed by atoms with Crippen molar-refractivity contribution >= 4 is 11.8 Å². The van der Waals surface area contributed by atoms with Gasteiger partial charge in [-0.25, -0.2) is 0 Å². The molecular formula is C30H42N2O3S. The van der Waals surface area contributed by atoms with Crippen molar-refractivity contribution in [2.24, 2.45) is 17.3 Å². The van der Waals surface area contributed by atoms with Crippen LogP contribution in [0.1, 0.15) is 94.8 Å². The number of aliphatic hydroxyl groups is 1. The highest BCUT2D eigenvalue weighted by molar-refractivity contribution is 8.01. The van der Waals surface area contributed by atoms with Crippen molar-refractivity contribution in [3.8, 4) is 0 Å². The monoisotopic (exact) mass is 510 g/mol. The molecule has 7 rings (SSSR count). The van der Waals surface area contributed by atoms with Gasteiger partial charge in [-0.15, -0.1) is 0 Å². The van der Waals surface area contributed by atoms with E-state index < -0.39 is 0 Å². The summed E-state index contributed by atoms with van der Waals surface area (Å²) in [5.41, 5.74) is 2.90. The number of fused-ring (bicyclic) bond motifs is 2. The fourth-order valence-electron chi connectivity index (χ4n) is 9.05. The molecule has 5 saturated heterocycles.